The van der Waals surface area contributed by atoms with Crippen LogP contribution in [0.25, 0.3) is 0 Å². The van der Waals surface area contributed by atoms with Crippen LogP contribution in [0.15, 0.2) is 30.3 Å². The second-order valence-electron chi connectivity index (χ2n) is 2.74. The third-order valence-electron chi connectivity index (χ3n) is 1.46. The Morgan fingerprint density at radius 2 is 1.73 bits per heavy atom. The smallest absolute Gasteiger partial charge is 0.115 e. The highest BCUT2D eigenvalue weighted by Gasteiger charge is 2.13. The van der Waals surface area contributed by atoms with Crippen molar-refractivity contribution in [1.29, 1.82) is 0 Å². The molecule has 0 spiro atoms. The Bertz CT molecular complexity index is 208. The van der Waals surface area contributed by atoms with Gasteiger partial charge in [-0.3, -0.25) is 0 Å². The summed E-state index contributed by atoms with van der Waals surface area (Å²) in [5.41, 5.74) is 0.132. The van der Waals surface area contributed by atoms with Gasteiger partial charge >= 0.3 is 0 Å². The van der Waals surface area contributed by atoms with Crippen molar-refractivity contribution in [2.45, 2.75) is 19.5 Å². The molecule has 2 heteroatoms. The quantitative estimate of drug-likeness (QED) is 0.598. The molecule has 0 saturated carbocycles. The molecule has 0 heterocycles. The molecule has 1 aromatic rings. The van der Waals surface area contributed by atoms with Crippen molar-refractivity contribution in [1.82, 2.24) is 0 Å². The van der Waals surface area contributed by atoms with E-state index in [9.17, 15) is 4.20 Å². The minimum Gasteiger partial charge on any atom is -0.222 e. The minimum absolute atomic E-state index is 0.132. The molecule has 0 aliphatic carbocycles. The van der Waals surface area contributed by atoms with Gasteiger partial charge in [-0.25, -0.2) is 4.20 Å². The summed E-state index contributed by atoms with van der Waals surface area (Å²) < 4.78 is 13.3. The van der Waals surface area contributed by atoms with Crippen molar-refractivity contribution in [3.63, 3.8) is 0 Å². The summed E-state index contributed by atoms with van der Waals surface area (Å²) in [5.74, 6) is 0. The maximum absolute atomic E-state index is 13.3. The van der Waals surface area contributed by atoms with Crippen LogP contribution in [0.5, 0.6) is 0 Å². The maximum atomic E-state index is 13.3. The molecule has 1 atom stereocenters. The van der Waals surface area contributed by atoms with E-state index in [0.717, 1.165) is 5.30 Å². The Hall–Kier alpha value is -0.420. The van der Waals surface area contributed by atoms with Gasteiger partial charge in [0.05, 0.1) is 0 Å². The summed E-state index contributed by atoms with van der Waals surface area (Å²) in [6, 6.07) is 9.38. The number of hydrogen-bond donors (Lipinski definition) is 0. The highest BCUT2D eigenvalue weighted by molar-refractivity contribution is 7.61. The van der Waals surface area contributed by atoms with Crippen LogP contribution in [-0.4, -0.2) is 5.66 Å². The van der Waals surface area contributed by atoms with E-state index in [0.29, 0.717) is 0 Å². The van der Waals surface area contributed by atoms with Gasteiger partial charge in [-0.15, -0.1) is 0 Å². The summed E-state index contributed by atoms with van der Waals surface area (Å²) in [6.07, 6.45) is 0. The molecule has 0 unspecified atom stereocenters. The van der Waals surface area contributed by atoms with Gasteiger partial charge in [-0.2, -0.15) is 0 Å². The number of halogens is 1. The molecule has 0 aliphatic heterocycles. The van der Waals surface area contributed by atoms with Gasteiger partial charge in [0, 0.05) is 11.0 Å². The summed E-state index contributed by atoms with van der Waals surface area (Å²) in [4.78, 5) is 0. The van der Waals surface area contributed by atoms with E-state index in [1.54, 1.807) is 0 Å². The first-order chi connectivity index (χ1) is 5.22. The van der Waals surface area contributed by atoms with Crippen LogP contribution < -0.4 is 5.30 Å². The molecule has 60 valence electrons. The highest BCUT2D eigenvalue weighted by Crippen LogP contribution is 2.40. The Kier molecular flexibility index (Phi) is 3.02. The molecular weight excluding hydrogens is 158 g/mol. The van der Waals surface area contributed by atoms with Gasteiger partial charge in [0.15, 0.2) is 0 Å². The van der Waals surface area contributed by atoms with Gasteiger partial charge in [0.25, 0.3) is 0 Å². The van der Waals surface area contributed by atoms with E-state index in [1.807, 2.05) is 44.2 Å². The molecular formula is C9H12FP. The SMILES string of the molecule is CC(C)[P@@](F)c1ccccc1. The van der Waals surface area contributed by atoms with Gasteiger partial charge in [0.2, 0.25) is 0 Å². The fourth-order valence-electron chi connectivity index (χ4n) is 0.869. The van der Waals surface area contributed by atoms with E-state index in [-0.39, 0.29) is 5.66 Å². The molecule has 0 fully saturated rings. The lowest BCUT2D eigenvalue weighted by Crippen LogP contribution is -2.03. The van der Waals surface area contributed by atoms with Crippen molar-refractivity contribution < 1.29 is 4.20 Å². The van der Waals surface area contributed by atoms with Gasteiger partial charge in [-0.1, -0.05) is 44.2 Å². The van der Waals surface area contributed by atoms with Crippen LogP contribution in [0.3, 0.4) is 0 Å². The first-order valence-corrected chi connectivity index (χ1v) is 5.02. The van der Waals surface area contributed by atoms with Crippen LogP contribution in [-0.2, 0) is 0 Å². The monoisotopic (exact) mass is 170 g/mol. The van der Waals surface area contributed by atoms with Crippen molar-refractivity contribution in [3.8, 4) is 0 Å². The lowest BCUT2D eigenvalue weighted by Gasteiger charge is -2.10. The lowest BCUT2D eigenvalue weighted by molar-refractivity contribution is 0.865. The Morgan fingerprint density at radius 3 is 2.18 bits per heavy atom. The maximum Gasteiger partial charge on any atom is 0.115 e. The van der Waals surface area contributed by atoms with E-state index < -0.39 is 8.23 Å². The second kappa shape index (κ2) is 3.82. The molecule has 0 amide bonds. The average molecular weight is 170 g/mol. The summed E-state index contributed by atoms with van der Waals surface area (Å²) in [5, 5.41) is 0.845. The summed E-state index contributed by atoms with van der Waals surface area (Å²) >= 11 is 0. The fourth-order valence-corrected chi connectivity index (χ4v) is 1.92. The largest absolute Gasteiger partial charge is 0.222 e. The van der Waals surface area contributed by atoms with E-state index in [1.165, 1.54) is 0 Å². The molecule has 1 aromatic carbocycles. The topological polar surface area (TPSA) is 0 Å². The van der Waals surface area contributed by atoms with Crippen molar-refractivity contribution in [2.75, 3.05) is 0 Å². The van der Waals surface area contributed by atoms with Crippen molar-refractivity contribution in [2.24, 2.45) is 0 Å². The van der Waals surface area contributed by atoms with Gasteiger partial charge < -0.3 is 0 Å². The first kappa shape index (κ1) is 8.67. The molecule has 0 bridgehead atoms. The number of rotatable bonds is 2. The summed E-state index contributed by atoms with van der Waals surface area (Å²) in [7, 11) is -1.43. The van der Waals surface area contributed by atoms with Crippen molar-refractivity contribution >= 4 is 13.5 Å². The Labute approximate surface area is 68.3 Å². The molecule has 0 aliphatic rings. The molecule has 11 heavy (non-hydrogen) atoms. The van der Waals surface area contributed by atoms with Crippen LogP contribution in [0.2, 0.25) is 0 Å². The first-order valence-electron chi connectivity index (χ1n) is 3.72. The van der Waals surface area contributed by atoms with Gasteiger partial charge in [0.1, 0.15) is 8.23 Å². The Morgan fingerprint density at radius 1 is 1.18 bits per heavy atom. The Balaban J connectivity index is 2.77. The third-order valence-corrected chi connectivity index (χ3v) is 3.15. The predicted molar refractivity (Wildman–Crippen MR) is 49.2 cm³/mol. The zero-order valence-corrected chi connectivity index (χ0v) is 7.68. The van der Waals surface area contributed by atoms with Crippen LogP contribution >= 0.6 is 8.23 Å². The second-order valence-corrected chi connectivity index (χ2v) is 4.91. The highest BCUT2D eigenvalue weighted by atomic mass is 31.2. The fraction of sp³-hybridized carbons (Fsp3) is 0.333. The normalized spacial score (nSPS) is 13.5. The van der Waals surface area contributed by atoms with Crippen LogP contribution in [0.4, 0.5) is 4.20 Å². The van der Waals surface area contributed by atoms with E-state index in [4.69, 9.17) is 0 Å². The molecule has 0 N–H and O–H groups in total. The van der Waals surface area contributed by atoms with E-state index >= 15 is 0 Å². The summed E-state index contributed by atoms with van der Waals surface area (Å²) in [6.45, 7) is 3.83. The van der Waals surface area contributed by atoms with Crippen LogP contribution in [0, 0.1) is 0 Å². The molecule has 0 radical (unpaired) electrons. The van der Waals surface area contributed by atoms with Gasteiger partial charge in [-0.05, 0) is 0 Å². The third kappa shape index (κ3) is 2.27. The standard InChI is InChI=1S/C9H12FP/c1-8(2)11(10)9-6-4-3-5-7-9/h3-8H,1-2H3/t11-/m1/s1. The molecule has 0 saturated heterocycles. The average Bonchev–Trinajstić information content (AvgIpc) is 2.05. The number of hydrogen-bond acceptors (Lipinski definition) is 0. The molecule has 0 aromatic heterocycles. The van der Waals surface area contributed by atoms with E-state index in [2.05, 4.69) is 0 Å². The lowest BCUT2D eigenvalue weighted by atomic mass is 10.4. The molecule has 0 nitrogen and oxygen atoms in total. The zero-order chi connectivity index (χ0) is 8.27. The zero-order valence-electron chi connectivity index (χ0n) is 6.79. The molecule has 1 rings (SSSR count). The van der Waals surface area contributed by atoms with Crippen molar-refractivity contribution in [3.05, 3.63) is 30.3 Å². The van der Waals surface area contributed by atoms with Crippen LogP contribution in [0.1, 0.15) is 13.8 Å². The minimum atomic E-state index is -1.43. The number of benzene rings is 1. The predicted octanol–water partition coefficient (Wildman–Crippen LogP) is 3.09.